The van der Waals surface area contributed by atoms with Crippen LogP contribution in [0.25, 0.3) is 0 Å². The summed E-state index contributed by atoms with van der Waals surface area (Å²) in [5.74, 6) is 0. The van der Waals surface area contributed by atoms with E-state index >= 15 is 0 Å². The smallest absolute Gasteiger partial charge is 0.416 e. The maximum absolute atomic E-state index is 12.4. The fraction of sp³-hybridized carbons (Fsp3) is 0.385. The summed E-state index contributed by atoms with van der Waals surface area (Å²) >= 11 is 0. The Bertz CT molecular complexity index is 520. The number of nitrogens with zero attached hydrogens (tertiary/aromatic N) is 3. The van der Waals surface area contributed by atoms with E-state index in [9.17, 15) is 18.0 Å². The fourth-order valence-corrected chi connectivity index (χ4v) is 1.91. The van der Waals surface area contributed by atoms with E-state index in [-0.39, 0.29) is 0 Å². The van der Waals surface area contributed by atoms with Crippen molar-refractivity contribution in [1.29, 1.82) is 0 Å². The second-order valence-corrected chi connectivity index (χ2v) is 4.59. The minimum atomic E-state index is -4.34. The van der Waals surface area contributed by atoms with Gasteiger partial charge in [-0.1, -0.05) is 12.1 Å². The molecule has 1 aromatic rings. The van der Waals surface area contributed by atoms with Gasteiger partial charge in [0.25, 0.3) is 0 Å². The second kappa shape index (κ2) is 6.02. The molecular weight excluding hydrogens is 287 g/mol. The molecule has 8 heteroatoms. The van der Waals surface area contributed by atoms with Crippen LogP contribution < -0.4 is 0 Å². The van der Waals surface area contributed by atoms with Crippen molar-refractivity contribution in [3.63, 3.8) is 0 Å². The normalized spacial score (nSPS) is 16.5. The maximum atomic E-state index is 12.4. The number of amides is 1. The van der Waals surface area contributed by atoms with E-state index in [0.29, 0.717) is 31.7 Å². The van der Waals surface area contributed by atoms with Crippen molar-refractivity contribution in [2.24, 2.45) is 5.10 Å². The van der Waals surface area contributed by atoms with Crippen LogP contribution in [0.2, 0.25) is 0 Å². The van der Waals surface area contributed by atoms with Crippen LogP contribution in [0.5, 0.6) is 0 Å². The quantitative estimate of drug-likeness (QED) is 0.853. The highest BCUT2D eigenvalue weighted by atomic mass is 19.4. The average Bonchev–Trinajstić information content (AvgIpc) is 2.45. The molecule has 1 amide bonds. The molecule has 21 heavy (non-hydrogen) atoms. The molecule has 1 aliphatic heterocycles. The summed E-state index contributed by atoms with van der Waals surface area (Å²) in [7, 11) is 0. The second-order valence-electron chi connectivity index (χ2n) is 4.59. The SMILES string of the molecule is O=C(O)N1CCN(/N=C/c2ccc(C(F)(F)F)cc2)CC1. The number of piperazine rings is 1. The van der Waals surface area contributed by atoms with Gasteiger partial charge < -0.3 is 10.0 Å². The number of hydrogen-bond acceptors (Lipinski definition) is 3. The first kappa shape index (κ1) is 15.1. The Morgan fingerprint density at radius 2 is 1.71 bits per heavy atom. The first-order valence-corrected chi connectivity index (χ1v) is 6.30. The van der Waals surface area contributed by atoms with Gasteiger partial charge in [0.05, 0.1) is 24.9 Å². The Kier molecular flexibility index (Phi) is 4.35. The van der Waals surface area contributed by atoms with Crippen LogP contribution in [0.1, 0.15) is 11.1 Å². The van der Waals surface area contributed by atoms with Gasteiger partial charge in [-0.2, -0.15) is 18.3 Å². The zero-order valence-electron chi connectivity index (χ0n) is 11.0. The standard InChI is InChI=1S/C13H14F3N3O2/c14-13(15,16)11-3-1-10(2-4-11)9-17-19-7-5-18(6-8-19)12(20)21/h1-4,9H,5-8H2,(H,20,21)/b17-9+. The number of carboxylic acid groups (broad SMARTS) is 1. The molecule has 1 aromatic carbocycles. The number of carbonyl (C=O) groups is 1. The van der Waals surface area contributed by atoms with Gasteiger partial charge in [0.15, 0.2) is 0 Å². The highest BCUT2D eigenvalue weighted by Crippen LogP contribution is 2.28. The summed E-state index contributed by atoms with van der Waals surface area (Å²) in [5.41, 5.74) is -0.140. The molecule has 5 nitrogen and oxygen atoms in total. The topological polar surface area (TPSA) is 56.1 Å². The molecule has 1 saturated heterocycles. The molecule has 0 unspecified atom stereocenters. The molecule has 114 valence electrons. The molecule has 0 spiro atoms. The fourth-order valence-electron chi connectivity index (χ4n) is 1.91. The number of hydrazone groups is 1. The van der Waals surface area contributed by atoms with E-state index < -0.39 is 17.8 Å². The summed E-state index contributed by atoms with van der Waals surface area (Å²) in [4.78, 5) is 12.0. The van der Waals surface area contributed by atoms with Crippen LogP contribution in [0.15, 0.2) is 29.4 Å². The van der Waals surface area contributed by atoms with E-state index in [1.54, 1.807) is 5.01 Å². The Morgan fingerprint density at radius 1 is 1.14 bits per heavy atom. The molecule has 1 N–H and O–H groups in total. The zero-order valence-corrected chi connectivity index (χ0v) is 11.0. The minimum absolute atomic E-state index is 0.361. The zero-order chi connectivity index (χ0) is 15.5. The summed E-state index contributed by atoms with van der Waals surface area (Å²) < 4.78 is 37.2. The van der Waals surface area contributed by atoms with E-state index in [0.717, 1.165) is 12.1 Å². The molecule has 1 aliphatic rings. The van der Waals surface area contributed by atoms with Crippen molar-refractivity contribution in [1.82, 2.24) is 9.91 Å². The molecular formula is C13H14F3N3O2. The Labute approximate surface area is 119 Å². The predicted octanol–water partition coefficient (Wildman–Crippen LogP) is 2.33. The van der Waals surface area contributed by atoms with Gasteiger partial charge in [-0.05, 0) is 17.7 Å². The van der Waals surface area contributed by atoms with Crippen molar-refractivity contribution in [2.45, 2.75) is 6.18 Å². The predicted molar refractivity (Wildman–Crippen MR) is 70.2 cm³/mol. The number of rotatable bonds is 2. The van der Waals surface area contributed by atoms with Gasteiger partial charge in [0.2, 0.25) is 0 Å². The van der Waals surface area contributed by atoms with Gasteiger partial charge in [-0.3, -0.25) is 5.01 Å². The molecule has 0 saturated carbocycles. The van der Waals surface area contributed by atoms with Gasteiger partial charge in [-0.25, -0.2) is 4.79 Å². The minimum Gasteiger partial charge on any atom is -0.465 e. The van der Waals surface area contributed by atoms with Crippen LogP contribution in [0.4, 0.5) is 18.0 Å². The van der Waals surface area contributed by atoms with E-state index in [1.165, 1.54) is 23.2 Å². The number of benzene rings is 1. The molecule has 0 radical (unpaired) electrons. The molecule has 0 bridgehead atoms. The van der Waals surface area contributed by atoms with Gasteiger partial charge in [0.1, 0.15) is 0 Å². The lowest BCUT2D eigenvalue weighted by atomic mass is 10.1. The average molecular weight is 301 g/mol. The molecule has 1 fully saturated rings. The lowest BCUT2D eigenvalue weighted by Gasteiger charge is -2.31. The van der Waals surface area contributed by atoms with Gasteiger partial charge in [0, 0.05) is 13.1 Å². The number of alkyl halides is 3. The summed E-state index contributed by atoms with van der Waals surface area (Å²) in [6.45, 7) is 1.65. The van der Waals surface area contributed by atoms with Crippen molar-refractivity contribution in [3.8, 4) is 0 Å². The van der Waals surface area contributed by atoms with Crippen LogP contribution >= 0.6 is 0 Å². The highest BCUT2D eigenvalue weighted by molar-refractivity contribution is 5.79. The lowest BCUT2D eigenvalue weighted by Crippen LogP contribution is -2.46. The molecule has 1 heterocycles. The van der Waals surface area contributed by atoms with Crippen LogP contribution in [0, 0.1) is 0 Å². The third-order valence-electron chi connectivity index (χ3n) is 3.13. The van der Waals surface area contributed by atoms with Crippen LogP contribution in [-0.2, 0) is 6.18 Å². The monoisotopic (exact) mass is 301 g/mol. The molecule has 0 aromatic heterocycles. The Hall–Kier alpha value is -2.25. The van der Waals surface area contributed by atoms with Crippen molar-refractivity contribution < 1.29 is 23.1 Å². The number of hydrogen-bond donors (Lipinski definition) is 1. The highest BCUT2D eigenvalue weighted by Gasteiger charge is 2.29. The summed E-state index contributed by atoms with van der Waals surface area (Å²) in [5, 5.41) is 14.6. The number of halogens is 3. The van der Waals surface area contributed by atoms with Gasteiger partial charge in [-0.15, -0.1) is 0 Å². The molecule has 0 atom stereocenters. The van der Waals surface area contributed by atoms with Gasteiger partial charge >= 0.3 is 12.3 Å². The Morgan fingerprint density at radius 3 is 2.19 bits per heavy atom. The third kappa shape index (κ3) is 4.11. The Balaban J connectivity index is 1.92. The van der Waals surface area contributed by atoms with Crippen molar-refractivity contribution in [2.75, 3.05) is 26.2 Å². The lowest BCUT2D eigenvalue weighted by molar-refractivity contribution is -0.137. The third-order valence-corrected chi connectivity index (χ3v) is 3.13. The molecule has 0 aliphatic carbocycles. The van der Waals surface area contributed by atoms with E-state index in [2.05, 4.69) is 5.10 Å². The van der Waals surface area contributed by atoms with E-state index in [1.807, 2.05) is 0 Å². The van der Waals surface area contributed by atoms with E-state index in [4.69, 9.17) is 5.11 Å². The summed E-state index contributed by atoms with van der Waals surface area (Å²) in [6.07, 6.45) is -3.83. The first-order chi connectivity index (χ1) is 9.86. The summed E-state index contributed by atoms with van der Waals surface area (Å²) in [6, 6.07) is 4.70. The van der Waals surface area contributed by atoms with Crippen molar-refractivity contribution >= 4 is 12.3 Å². The maximum Gasteiger partial charge on any atom is 0.416 e. The van der Waals surface area contributed by atoms with Crippen molar-refractivity contribution in [3.05, 3.63) is 35.4 Å². The first-order valence-electron chi connectivity index (χ1n) is 6.30. The van der Waals surface area contributed by atoms with Crippen LogP contribution in [0.3, 0.4) is 0 Å². The van der Waals surface area contributed by atoms with Crippen LogP contribution in [-0.4, -0.2) is 53.5 Å². The molecule has 2 rings (SSSR count). The largest absolute Gasteiger partial charge is 0.465 e.